The van der Waals surface area contributed by atoms with Crippen molar-refractivity contribution < 1.29 is 9.90 Å². The average Bonchev–Trinajstić information content (AvgIpc) is 2.40. The van der Waals surface area contributed by atoms with E-state index in [1.165, 1.54) is 6.20 Å². The molecule has 2 aromatic rings. The first-order chi connectivity index (χ1) is 9.77. The molecule has 2 rings (SSSR count). The van der Waals surface area contributed by atoms with E-state index in [1.807, 2.05) is 6.07 Å². The maximum absolute atomic E-state index is 12.1. The molecule has 0 atom stereocenters. The number of amides is 1. The van der Waals surface area contributed by atoms with E-state index < -0.39 is 0 Å². The molecule has 0 unspecified atom stereocenters. The maximum atomic E-state index is 12.1. The molecular formula is C16H17ClN2O2. The van der Waals surface area contributed by atoms with Crippen molar-refractivity contribution in [1.29, 1.82) is 0 Å². The molecule has 1 amide bonds. The molecule has 0 saturated heterocycles. The Morgan fingerprint density at radius 1 is 1.24 bits per heavy atom. The second-order valence-corrected chi connectivity index (χ2v) is 6.19. The van der Waals surface area contributed by atoms with Gasteiger partial charge in [0, 0.05) is 6.20 Å². The number of phenolic OH excluding ortho intramolecular Hbond substituents is 1. The highest BCUT2D eigenvalue weighted by Crippen LogP contribution is 2.30. The number of phenols is 1. The molecule has 0 saturated carbocycles. The standard InChI is InChI=1S/C16H17ClN2O2/c1-16(2,3)11-5-6-13(20)12(8-11)19-15(21)10-4-7-14(17)18-9-10/h4-9,20H,1-3H3,(H,19,21). The summed E-state index contributed by atoms with van der Waals surface area (Å²) < 4.78 is 0. The maximum Gasteiger partial charge on any atom is 0.257 e. The van der Waals surface area contributed by atoms with Gasteiger partial charge < -0.3 is 10.4 Å². The van der Waals surface area contributed by atoms with Crippen molar-refractivity contribution in [3.63, 3.8) is 0 Å². The molecule has 1 aromatic heterocycles. The minimum atomic E-state index is -0.347. The van der Waals surface area contributed by atoms with E-state index >= 15 is 0 Å². The highest BCUT2D eigenvalue weighted by atomic mass is 35.5. The molecule has 0 aliphatic rings. The largest absolute Gasteiger partial charge is 0.506 e. The summed E-state index contributed by atoms with van der Waals surface area (Å²) in [6.45, 7) is 6.19. The first-order valence-electron chi connectivity index (χ1n) is 6.54. The van der Waals surface area contributed by atoms with Crippen LogP contribution in [0.15, 0.2) is 36.5 Å². The highest BCUT2D eigenvalue weighted by Gasteiger charge is 2.17. The van der Waals surface area contributed by atoms with Gasteiger partial charge in [-0.2, -0.15) is 0 Å². The van der Waals surface area contributed by atoms with Crippen LogP contribution < -0.4 is 5.32 Å². The number of aromatic hydroxyl groups is 1. The third-order valence-corrected chi connectivity index (χ3v) is 3.32. The Labute approximate surface area is 128 Å². The van der Waals surface area contributed by atoms with Crippen LogP contribution in [0.1, 0.15) is 36.7 Å². The number of pyridine rings is 1. The number of nitrogens with one attached hydrogen (secondary N) is 1. The van der Waals surface area contributed by atoms with Gasteiger partial charge in [-0.25, -0.2) is 4.98 Å². The Kier molecular flexibility index (Phi) is 4.19. The van der Waals surface area contributed by atoms with Crippen LogP contribution in [0.3, 0.4) is 0 Å². The number of carbonyl (C=O) groups excluding carboxylic acids is 1. The number of hydrogen-bond donors (Lipinski definition) is 2. The van der Waals surface area contributed by atoms with Crippen LogP contribution in [0.4, 0.5) is 5.69 Å². The number of benzene rings is 1. The van der Waals surface area contributed by atoms with Gasteiger partial charge >= 0.3 is 0 Å². The van der Waals surface area contributed by atoms with E-state index in [2.05, 4.69) is 31.1 Å². The van der Waals surface area contributed by atoms with E-state index in [0.29, 0.717) is 16.4 Å². The lowest BCUT2D eigenvalue weighted by atomic mass is 9.87. The van der Waals surface area contributed by atoms with Crippen LogP contribution in [0, 0.1) is 0 Å². The van der Waals surface area contributed by atoms with Crippen molar-refractivity contribution in [1.82, 2.24) is 4.98 Å². The van der Waals surface area contributed by atoms with Gasteiger partial charge in [-0.15, -0.1) is 0 Å². The zero-order valence-electron chi connectivity index (χ0n) is 12.1. The second kappa shape index (κ2) is 5.74. The van der Waals surface area contributed by atoms with Crippen molar-refractivity contribution >= 4 is 23.2 Å². The predicted octanol–water partition coefficient (Wildman–Crippen LogP) is 3.99. The van der Waals surface area contributed by atoms with E-state index in [-0.39, 0.29) is 17.1 Å². The second-order valence-electron chi connectivity index (χ2n) is 5.81. The highest BCUT2D eigenvalue weighted by molar-refractivity contribution is 6.29. The van der Waals surface area contributed by atoms with Crippen molar-refractivity contribution in [3.05, 3.63) is 52.8 Å². The molecule has 4 nitrogen and oxygen atoms in total. The summed E-state index contributed by atoms with van der Waals surface area (Å²) in [4.78, 5) is 16.0. The number of carbonyl (C=O) groups is 1. The van der Waals surface area contributed by atoms with Gasteiger partial charge in [-0.3, -0.25) is 4.79 Å². The predicted molar refractivity (Wildman–Crippen MR) is 84.0 cm³/mol. The molecule has 5 heteroatoms. The minimum absolute atomic E-state index is 0.0262. The molecule has 2 N–H and O–H groups in total. The first-order valence-corrected chi connectivity index (χ1v) is 6.91. The fourth-order valence-corrected chi connectivity index (χ4v) is 1.92. The monoisotopic (exact) mass is 304 g/mol. The van der Waals surface area contributed by atoms with E-state index in [4.69, 9.17) is 11.6 Å². The van der Waals surface area contributed by atoms with E-state index in [9.17, 15) is 9.90 Å². The Hall–Kier alpha value is -2.07. The molecule has 0 aliphatic heterocycles. The number of rotatable bonds is 2. The molecule has 0 fully saturated rings. The lowest BCUT2D eigenvalue weighted by Crippen LogP contribution is -2.15. The van der Waals surface area contributed by atoms with Crippen LogP contribution in [0.5, 0.6) is 5.75 Å². The van der Waals surface area contributed by atoms with Crippen molar-refractivity contribution in [2.24, 2.45) is 0 Å². The van der Waals surface area contributed by atoms with E-state index in [0.717, 1.165) is 5.56 Å². The summed E-state index contributed by atoms with van der Waals surface area (Å²) in [5, 5.41) is 12.9. The molecule has 0 bridgehead atoms. The third kappa shape index (κ3) is 3.73. The van der Waals surface area contributed by atoms with Gasteiger partial charge in [0.05, 0.1) is 11.3 Å². The lowest BCUT2D eigenvalue weighted by Gasteiger charge is -2.20. The van der Waals surface area contributed by atoms with Gasteiger partial charge in [0.25, 0.3) is 5.91 Å². The summed E-state index contributed by atoms with van der Waals surface area (Å²) in [7, 11) is 0. The molecule has 0 aliphatic carbocycles. The summed E-state index contributed by atoms with van der Waals surface area (Å²) in [5.74, 6) is -0.321. The van der Waals surface area contributed by atoms with E-state index in [1.54, 1.807) is 24.3 Å². The number of hydrogen-bond acceptors (Lipinski definition) is 3. The summed E-state index contributed by atoms with van der Waals surface area (Å²) in [6, 6.07) is 8.32. The molecule has 21 heavy (non-hydrogen) atoms. The normalized spacial score (nSPS) is 11.2. The topological polar surface area (TPSA) is 62.2 Å². The van der Waals surface area contributed by atoms with Crippen molar-refractivity contribution in [2.75, 3.05) is 5.32 Å². The zero-order valence-corrected chi connectivity index (χ0v) is 12.9. The Morgan fingerprint density at radius 3 is 2.52 bits per heavy atom. The SMILES string of the molecule is CC(C)(C)c1ccc(O)c(NC(=O)c2ccc(Cl)nc2)c1. The summed E-state index contributed by atoms with van der Waals surface area (Å²) in [5.41, 5.74) is 1.70. The Bertz CT molecular complexity index is 661. The van der Waals surface area contributed by atoms with Gasteiger partial charge in [0.2, 0.25) is 0 Å². The fraction of sp³-hybridized carbons (Fsp3) is 0.250. The lowest BCUT2D eigenvalue weighted by molar-refractivity contribution is 0.102. The number of aromatic nitrogens is 1. The van der Waals surface area contributed by atoms with Gasteiger partial charge in [-0.05, 0) is 35.2 Å². The van der Waals surface area contributed by atoms with Gasteiger partial charge in [0.1, 0.15) is 10.9 Å². The van der Waals surface area contributed by atoms with Crippen LogP contribution in [0.25, 0.3) is 0 Å². The first kappa shape index (κ1) is 15.3. The molecule has 0 radical (unpaired) electrons. The quantitative estimate of drug-likeness (QED) is 0.651. The fourth-order valence-electron chi connectivity index (χ4n) is 1.81. The smallest absolute Gasteiger partial charge is 0.257 e. The van der Waals surface area contributed by atoms with Crippen LogP contribution in [0.2, 0.25) is 5.15 Å². The molecule has 1 aromatic carbocycles. The third-order valence-electron chi connectivity index (χ3n) is 3.10. The van der Waals surface area contributed by atoms with Crippen LogP contribution in [-0.4, -0.2) is 16.0 Å². The Balaban J connectivity index is 2.26. The van der Waals surface area contributed by atoms with Crippen molar-refractivity contribution in [3.8, 4) is 5.75 Å². The summed E-state index contributed by atoms with van der Waals surface area (Å²) in [6.07, 6.45) is 1.39. The molecule has 0 spiro atoms. The van der Waals surface area contributed by atoms with Crippen molar-refractivity contribution in [2.45, 2.75) is 26.2 Å². The number of anilines is 1. The molecule has 1 heterocycles. The Morgan fingerprint density at radius 2 is 1.95 bits per heavy atom. The summed E-state index contributed by atoms with van der Waals surface area (Å²) >= 11 is 5.69. The minimum Gasteiger partial charge on any atom is -0.506 e. The van der Waals surface area contributed by atoms with Crippen LogP contribution in [-0.2, 0) is 5.41 Å². The average molecular weight is 305 g/mol. The van der Waals surface area contributed by atoms with Crippen LogP contribution >= 0.6 is 11.6 Å². The molecule has 110 valence electrons. The van der Waals surface area contributed by atoms with Gasteiger partial charge in [0.15, 0.2) is 0 Å². The van der Waals surface area contributed by atoms with Gasteiger partial charge in [-0.1, -0.05) is 38.4 Å². The molecular weight excluding hydrogens is 288 g/mol. The number of halogens is 1. The zero-order chi connectivity index (χ0) is 15.6. The number of nitrogens with zero attached hydrogens (tertiary/aromatic N) is 1.